The lowest BCUT2D eigenvalue weighted by Crippen LogP contribution is -2.66. The number of Topliss-reactive ketones (excluding diaryl/α,β-unsaturated/α-hetero) is 1. The molecule has 1 aliphatic carbocycles. The van der Waals surface area contributed by atoms with Gasteiger partial charge in [-0.25, -0.2) is 0 Å². The molecule has 2 aromatic rings. The molecule has 1 aliphatic heterocycles. The minimum atomic E-state index is -5.38. The number of allylic oxidation sites excluding steroid dienone is 1. The third-order valence-corrected chi connectivity index (χ3v) is 7.01. The summed E-state index contributed by atoms with van der Waals surface area (Å²) in [6.45, 7) is 3.46. The van der Waals surface area contributed by atoms with Crippen LogP contribution in [-0.2, 0) is 9.59 Å². The van der Waals surface area contributed by atoms with E-state index in [-0.39, 0.29) is 47.0 Å². The van der Waals surface area contributed by atoms with Crippen molar-refractivity contribution in [3.8, 4) is 23.0 Å². The van der Waals surface area contributed by atoms with Gasteiger partial charge < -0.3 is 24.3 Å². The van der Waals surface area contributed by atoms with Crippen LogP contribution in [0.15, 0.2) is 47.7 Å². The molecule has 0 unspecified atom stereocenters. The number of ketones is 1. The molecule has 4 rings (SSSR count). The number of anilines is 1. The molecule has 12 heteroatoms. The summed E-state index contributed by atoms with van der Waals surface area (Å²) < 4.78 is 66.3. The molecule has 0 bridgehead atoms. The van der Waals surface area contributed by atoms with E-state index in [1.807, 2.05) is 5.32 Å². The predicted molar refractivity (Wildman–Crippen MR) is 138 cm³/mol. The van der Waals surface area contributed by atoms with Crippen molar-refractivity contribution in [1.29, 1.82) is 0 Å². The third-order valence-electron chi connectivity index (χ3n) is 7.01. The number of amides is 2. The van der Waals surface area contributed by atoms with E-state index in [9.17, 15) is 14.4 Å². The van der Waals surface area contributed by atoms with E-state index in [0.29, 0.717) is 5.75 Å². The number of hydrogen-bond acceptors (Lipinski definition) is 7. The Bertz CT molecular complexity index is 1370. The van der Waals surface area contributed by atoms with Crippen molar-refractivity contribution in [1.82, 2.24) is 5.32 Å². The van der Waals surface area contributed by atoms with Crippen LogP contribution >= 0.6 is 0 Å². The standard InChI is InChI=1S/C28H29F3N2O7/c1-26(2)13-18-22(19(34)14-26)27(28(29,30)31,25(36)33(18)16-7-9-17(37-3)10-8-16)32-24(35)15-11-20(38-4)23(40-6)21(12-15)39-5/h7-12H,13-14H2,1-6H3,(H,32,35)/t27-/m0/s1. The number of halogens is 3. The minimum Gasteiger partial charge on any atom is -0.497 e. The molecule has 214 valence electrons. The number of nitrogens with one attached hydrogen (secondary N) is 1. The van der Waals surface area contributed by atoms with Crippen LogP contribution in [0.3, 0.4) is 0 Å². The Balaban J connectivity index is 1.92. The fourth-order valence-corrected chi connectivity index (χ4v) is 5.21. The molecule has 2 aliphatic rings. The van der Waals surface area contributed by atoms with Gasteiger partial charge >= 0.3 is 6.18 Å². The van der Waals surface area contributed by atoms with E-state index in [0.717, 1.165) is 17.0 Å². The summed E-state index contributed by atoms with van der Waals surface area (Å²) in [5, 5.41) is 1.91. The van der Waals surface area contributed by atoms with Gasteiger partial charge in [0.05, 0.1) is 34.0 Å². The van der Waals surface area contributed by atoms with Crippen LogP contribution in [0.1, 0.15) is 37.0 Å². The third kappa shape index (κ3) is 4.50. The van der Waals surface area contributed by atoms with Gasteiger partial charge in [-0.1, -0.05) is 13.8 Å². The van der Waals surface area contributed by atoms with Crippen LogP contribution in [0.5, 0.6) is 23.0 Å². The number of carbonyl (C=O) groups is 3. The van der Waals surface area contributed by atoms with Crippen LogP contribution in [-0.4, -0.2) is 57.8 Å². The maximum Gasteiger partial charge on any atom is 0.425 e. The Kier molecular flexibility index (Phi) is 7.24. The number of hydrogen-bond donors (Lipinski definition) is 1. The van der Waals surface area contributed by atoms with Gasteiger partial charge in [0.1, 0.15) is 5.75 Å². The normalized spacial score (nSPS) is 20.3. The molecular weight excluding hydrogens is 533 g/mol. The number of rotatable bonds is 7. The zero-order valence-electron chi connectivity index (χ0n) is 22.8. The highest BCUT2D eigenvalue weighted by Gasteiger charge is 2.72. The number of ether oxygens (including phenoxy) is 4. The Morgan fingerprint density at radius 3 is 1.95 bits per heavy atom. The van der Waals surface area contributed by atoms with E-state index in [1.165, 1.54) is 52.7 Å². The Morgan fingerprint density at radius 1 is 0.900 bits per heavy atom. The van der Waals surface area contributed by atoms with Crippen molar-refractivity contribution in [3.05, 3.63) is 53.2 Å². The second kappa shape index (κ2) is 10.1. The van der Waals surface area contributed by atoms with E-state index < -0.39 is 40.3 Å². The maximum absolute atomic E-state index is 15.2. The van der Waals surface area contributed by atoms with Gasteiger partial charge in [-0.2, -0.15) is 13.2 Å². The van der Waals surface area contributed by atoms with Crippen molar-refractivity contribution in [2.75, 3.05) is 33.3 Å². The van der Waals surface area contributed by atoms with Gasteiger partial charge in [-0.3, -0.25) is 19.3 Å². The number of alkyl halides is 3. The molecule has 1 heterocycles. The molecule has 0 saturated heterocycles. The van der Waals surface area contributed by atoms with Crippen LogP contribution in [0.25, 0.3) is 0 Å². The SMILES string of the molecule is COc1ccc(N2C(=O)[C@](NC(=O)c3cc(OC)c(OC)c(OC)c3)(C(F)(F)F)C3=C2CC(C)(C)CC3=O)cc1. The fourth-order valence-electron chi connectivity index (χ4n) is 5.21. The predicted octanol–water partition coefficient (Wildman–Crippen LogP) is 4.44. The first-order valence-electron chi connectivity index (χ1n) is 12.2. The number of benzene rings is 2. The molecule has 0 fully saturated rings. The van der Waals surface area contributed by atoms with Crippen LogP contribution in [0, 0.1) is 5.41 Å². The summed E-state index contributed by atoms with van der Waals surface area (Å²) >= 11 is 0. The first-order valence-corrected chi connectivity index (χ1v) is 12.2. The summed E-state index contributed by atoms with van der Waals surface area (Å²) in [6, 6.07) is 8.12. The molecule has 0 spiro atoms. The second-order valence-electron chi connectivity index (χ2n) is 10.2. The molecule has 1 atom stereocenters. The summed E-state index contributed by atoms with van der Waals surface area (Å²) in [6.07, 6.45) is -5.63. The Labute approximate surface area is 228 Å². The highest BCUT2D eigenvalue weighted by molar-refractivity contribution is 6.21. The summed E-state index contributed by atoms with van der Waals surface area (Å²) in [5.74, 6) is -3.10. The monoisotopic (exact) mass is 562 g/mol. The van der Waals surface area contributed by atoms with Gasteiger partial charge in [0.2, 0.25) is 11.3 Å². The number of nitrogens with zero attached hydrogens (tertiary/aromatic N) is 1. The van der Waals surface area contributed by atoms with Crippen LogP contribution < -0.4 is 29.2 Å². The van der Waals surface area contributed by atoms with Crippen molar-refractivity contribution in [2.45, 2.75) is 38.4 Å². The summed E-state index contributed by atoms with van der Waals surface area (Å²) in [4.78, 5) is 41.7. The molecule has 0 radical (unpaired) electrons. The Hall–Kier alpha value is -4.22. The van der Waals surface area contributed by atoms with Gasteiger partial charge in [0, 0.05) is 23.4 Å². The van der Waals surface area contributed by atoms with Crippen molar-refractivity contribution in [3.63, 3.8) is 0 Å². The van der Waals surface area contributed by atoms with Crippen molar-refractivity contribution < 1.29 is 46.5 Å². The largest absolute Gasteiger partial charge is 0.497 e. The van der Waals surface area contributed by atoms with Crippen LogP contribution in [0.2, 0.25) is 0 Å². The quantitative estimate of drug-likeness (QED) is 0.532. The molecular formula is C28H29F3N2O7. The first-order chi connectivity index (χ1) is 18.7. The molecule has 2 aromatic carbocycles. The minimum absolute atomic E-state index is 0.0102. The zero-order valence-corrected chi connectivity index (χ0v) is 22.8. The highest BCUT2D eigenvalue weighted by Crippen LogP contribution is 2.53. The average molecular weight is 563 g/mol. The van der Waals surface area contributed by atoms with E-state index in [2.05, 4.69) is 0 Å². The van der Waals surface area contributed by atoms with Crippen LogP contribution in [0.4, 0.5) is 18.9 Å². The van der Waals surface area contributed by atoms with Gasteiger partial charge in [-0.05, 0) is 48.2 Å². The smallest absolute Gasteiger partial charge is 0.425 e. The summed E-state index contributed by atoms with van der Waals surface area (Å²) in [7, 11) is 5.31. The van der Waals surface area contributed by atoms with Crippen molar-refractivity contribution in [2.24, 2.45) is 5.41 Å². The average Bonchev–Trinajstić information content (AvgIpc) is 3.14. The van der Waals surface area contributed by atoms with E-state index >= 15 is 13.2 Å². The lowest BCUT2D eigenvalue weighted by atomic mass is 9.72. The molecule has 1 N–H and O–H groups in total. The maximum atomic E-state index is 15.2. The summed E-state index contributed by atoms with van der Waals surface area (Å²) in [5.41, 5.74) is -5.48. The Morgan fingerprint density at radius 2 is 1.48 bits per heavy atom. The molecule has 0 saturated carbocycles. The van der Waals surface area contributed by atoms with Gasteiger partial charge in [-0.15, -0.1) is 0 Å². The first kappa shape index (κ1) is 28.8. The lowest BCUT2D eigenvalue weighted by Gasteiger charge is -2.35. The molecule has 40 heavy (non-hydrogen) atoms. The van der Waals surface area contributed by atoms with Crippen molar-refractivity contribution >= 4 is 23.3 Å². The molecule has 2 amide bonds. The van der Waals surface area contributed by atoms with E-state index in [4.69, 9.17) is 18.9 Å². The molecule has 0 aromatic heterocycles. The van der Waals surface area contributed by atoms with Gasteiger partial charge in [0.25, 0.3) is 11.8 Å². The van der Waals surface area contributed by atoms with E-state index in [1.54, 1.807) is 13.8 Å². The topological polar surface area (TPSA) is 103 Å². The lowest BCUT2D eigenvalue weighted by molar-refractivity contribution is -0.186. The second-order valence-corrected chi connectivity index (χ2v) is 10.2. The molecule has 9 nitrogen and oxygen atoms in total. The number of methoxy groups -OCH3 is 4. The van der Waals surface area contributed by atoms with Gasteiger partial charge in [0.15, 0.2) is 17.3 Å². The highest BCUT2D eigenvalue weighted by atomic mass is 19.4. The zero-order chi connectivity index (χ0) is 29.6. The number of carbonyl (C=O) groups excluding carboxylic acids is 3. The fraction of sp³-hybridized carbons (Fsp3) is 0.393.